The van der Waals surface area contributed by atoms with E-state index >= 15 is 0 Å². The lowest BCUT2D eigenvalue weighted by Gasteiger charge is -2.15. The molecule has 2 heterocycles. The number of ether oxygens (including phenoxy) is 2. The van der Waals surface area contributed by atoms with E-state index in [9.17, 15) is 19.7 Å². The number of nitrogens with zero attached hydrogens (tertiary/aromatic N) is 3. The van der Waals surface area contributed by atoms with Crippen LogP contribution in [-0.4, -0.2) is 39.8 Å². The van der Waals surface area contributed by atoms with Gasteiger partial charge in [0.15, 0.2) is 0 Å². The number of rotatable bonds is 8. The van der Waals surface area contributed by atoms with Crippen LogP contribution in [0, 0.1) is 10.1 Å². The SMILES string of the molecule is CCC(C)OC(=O)c1c(NC(=O)Cn2cc([N+](=O)[O-])c(OC)n2)sc2c1CCCC2. The summed E-state index contributed by atoms with van der Waals surface area (Å²) >= 11 is 1.39. The zero-order chi connectivity index (χ0) is 21.8. The molecule has 2 aromatic heterocycles. The molecule has 0 fully saturated rings. The van der Waals surface area contributed by atoms with E-state index in [4.69, 9.17) is 9.47 Å². The predicted octanol–water partition coefficient (Wildman–Crippen LogP) is 3.33. The summed E-state index contributed by atoms with van der Waals surface area (Å²) in [6.07, 6.45) is 5.26. The van der Waals surface area contributed by atoms with E-state index in [2.05, 4.69) is 10.4 Å². The molecule has 0 saturated heterocycles. The Balaban J connectivity index is 1.82. The first-order chi connectivity index (χ1) is 14.3. The highest BCUT2D eigenvalue weighted by Gasteiger charge is 2.28. The van der Waals surface area contributed by atoms with E-state index in [1.54, 1.807) is 0 Å². The van der Waals surface area contributed by atoms with E-state index in [1.807, 2.05) is 13.8 Å². The molecule has 1 unspecified atom stereocenters. The third-order valence-electron chi connectivity index (χ3n) is 4.92. The number of carbonyl (C=O) groups is 2. The summed E-state index contributed by atoms with van der Waals surface area (Å²) in [4.78, 5) is 36.9. The van der Waals surface area contributed by atoms with Crippen LogP contribution in [0.1, 0.15) is 53.9 Å². The van der Waals surface area contributed by atoms with Crippen LogP contribution in [0.5, 0.6) is 5.88 Å². The molecule has 0 bridgehead atoms. The van der Waals surface area contributed by atoms with Crippen LogP contribution < -0.4 is 10.1 Å². The average molecular weight is 436 g/mol. The number of carbonyl (C=O) groups excluding carboxylic acids is 2. The predicted molar refractivity (Wildman–Crippen MR) is 110 cm³/mol. The highest BCUT2D eigenvalue weighted by Crippen LogP contribution is 2.39. The van der Waals surface area contributed by atoms with Crippen molar-refractivity contribution in [1.29, 1.82) is 0 Å². The minimum absolute atomic E-state index is 0.169. The smallest absolute Gasteiger partial charge is 0.350 e. The van der Waals surface area contributed by atoms with Gasteiger partial charge in [-0.05, 0) is 44.6 Å². The summed E-state index contributed by atoms with van der Waals surface area (Å²) in [6, 6.07) is 0. The van der Waals surface area contributed by atoms with Crippen molar-refractivity contribution in [2.75, 3.05) is 12.4 Å². The highest BCUT2D eigenvalue weighted by molar-refractivity contribution is 7.17. The second-order valence-electron chi connectivity index (χ2n) is 7.07. The molecule has 0 radical (unpaired) electrons. The first-order valence-corrected chi connectivity index (χ1v) is 10.6. The Hall–Kier alpha value is -2.95. The van der Waals surface area contributed by atoms with Crippen LogP contribution in [-0.2, 0) is 28.9 Å². The minimum atomic E-state index is -0.628. The number of nitrogens with one attached hydrogen (secondary N) is 1. The minimum Gasteiger partial charge on any atom is -0.475 e. The molecular formula is C19H24N4O6S. The van der Waals surface area contributed by atoms with Gasteiger partial charge in [0.2, 0.25) is 5.91 Å². The highest BCUT2D eigenvalue weighted by atomic mass is 32.1. The van der Waals surface area contributed by atoms with Gasteiger partial charge in [-0.2, -0.15) is 0 Å². The van der Waals surface area contributed by atoms with Gasteiger partial charge < -0.3 is 14.8 Å². The van der Waals surface area contributed by atoms with Gasteiger partial charge in [0.05, 0.1) is 23.7 Å². The Morgan fingerprint density at radius 3 is 2.77 bits per heavy atom. The molecule has 1 aliphatic carbocycles. The van der Waals surface area contributed by atoms with Gasteiger partial charge in [0.1, 0.15) is 17.7 Å². The van der Waals surface area contributed by atoms with Crippen LogP contribution in [0.4, 0.5) is 10.7 Å². The number of hydrogen-bond acceptors (Lipinski definition) is 8. The van der Waals surface area contributed by atoms with Gasteiger partial charge in [-0.25, -0.2) is 4.79 Å². The van der Waals surface area contributed by atoms with Gasteiger partial charge in [0, 0.05) is 4.88 Å². The molecule has 0 spiro atoms. The molecule has 1 atom stereocenters. The molecule has 2 aromatic rings. The van der Waals surface area contributed by atoms with E-state index in [1.165, 1.54) is 18.4 Å². The molecule has 1 aliphatic rings. The Kier molecular flexibility index (Phi) is 6.70. The van der Waals surface area contributed by atoms with Crippen LogP contribution in [0.3, 0.4) is 0 Å². The summed E-state index contributed by atoms with van der Waals surface area (Å²) in [7, 11) is 1.27. The number of thiophene rings is 1. The van der Waals surface area contributed by atoms with Crippen molar-refractivity contribution < 1.29 is 24.0 Å². The first-order valence-electron chi connectivity index (χ1n) is 9.75. The van der Waals surface area contributed by atoms with Crippen molar-refractivity contribution in [3.05, 3.63) is 32.3 Å². The van der Waals surface area contributed by atoms with Crippen molar-refractivity contribution in [2.45, 2.75) is 58.6 Å². The molecule has 3 rings (SSSR count). The number of anilines is 1. The number of aryl methyl sites for hydroxylation is 1. The van der Waals surface area contributed by atoms with Gasteiger partial charge in [-0.3, -0.25) is 19.6 Å². The van der Waals surface area contributed by atoms with Gasteiger partial charge >= 0.3 is 17.5 Å². The quantitative estimate of drug-likeness (QED) is 0.382. The lowest BCUT2D eigenvalue weighted by molar-refractivity contribution is -0.385. The van der Waals surface area contributed by atoms with Gasteiger partial charge in [-0.1, -0.05) is 6.92 Å². The fourth-order valence-corrected chi connectivity index (χ4v) is 4.55. The fourth-order valence-electron chi connectivity index (χ4n) is 3.25. The molecule has 0 aliphatic heterocycles. The third-order valence-corrected chi connectivity index (χ3v) is 6.12. The maximum Gasteiger partial charge on any atom is 0.350 e. The largest absolute Gasteiger partial charge is 0.475 e. The van der Waals surface area contributed by atoms with E-state index in [-0.39, 0.29) is 24.2 Å². The lowest BCUT2D eigenvalue weighted by Crippen LogP contribution is -2.21. The van der Waals surface area contributed by atoms with Crippen molar-refractivity contribution in [2.24, 2.45) is 0 Å². The fraction of sp³-hybridized carbons (Fsp3) is 0.526. The Bertz CT molecular complexity index is 967. The monoisotopic (exact) mass is 436 g/mol. The maximum absolute atomic E-state index is 12.8. The van der Waals surface area contributed by atoms with E-state index in [0.717, 1.165) is 47.0 Å². The second-order valence-corrected chi connectivity index (χ2v) is 8.17. The second kappa shape index (κ2) is 9.24. The number of amides is 1. The number of aromatic nitrogens is 2. The molecule has 162 valence electrons. The molecule has 0 aromatic carbocycles. The Labute approximate surface area is 177 Å². The topological polar surface area (TPSA) is 126 Å². The van der Waals surface area contributed by atoms with Crippen molar-refractivity contribution in [1.82, 2.24) is 9.78 Å². The van der Waals surface area contributed by atoms with E-state index in [0.29, 0.717) is 17.0 Å². The van der Waals surface area contributed by atoms with Crippen molar-refractivity contribution in [3.63, 3.8) is 0 Å². The lowest BCUT2D eigenvalue weighted by atomic mass is 9.95. The maximum atomic E-state index is 12.8. The van der Waals surface area contributed by atoms with Gasteiger partial charge in [0.25, 0.3) is 0 Å². The summed E-state index contributed by atoms with van der Waals surface area (Å²) < 4.78 is 11.5. The molecule has 10 nitrogen and oxygen atoms in total. The zero-order valence-corrected chi connectivity index (χ0v) is 17.9. The summed E-state index contributed by atoms with van der Waals surface area (Å²) in [5.74, 6) is -1.06. The van der Waals surface area contributed by atoms with E-state index < -0.39 is 16.8 Å². The molecule has 30 heavy (non-hydrogen) atoms. The van der Waals surface area contributed by atoms with Gasteiger partial charge in [-0.15, -0.1) is 16.4 Å². The zero-order valence-electron chi connectivity index (χ0n) is 17.1. The number of methoxy groups -OCH3 is 1. The van der Waals surface area contributed by atoms with Crippen LogP contribution in [0.25, 0.3) is 0 Å². The van der Waals surface area contributed by atoms with Crippen LogP contribution in [0.2, 0.25) is 0 Å². The van der Waals surface area contributed by atoms with Crippen molar-refractivity contribution in [3.8, 4) is 5.88 Å². The molecule has 1 N–H and O–H groups in total. The van der Waals surface area contributed by atoms with Crippen molar-refractivity contribution >= 4 is 33.9 Å². The molecular weight excluding hydrogens is 412 g/mol. The molecule has 0 saturated carbocycles. The molecule has 11 heteroatoms. The first kappa shape index (κ1) is 21.8. The van der Waals surface area contributed by atoms with Crippen LogP contribution >= 0.6 is 11.3 Å². The standard InChI is InChI=1S/C19H24N4O6S/c1-4-11(2)29-19(25)16-12-7-5-6-8-14(12)30-18(16)20-15(24)10-22-9-13(23(26)27)17(21-22)28-3/h9,11H,4-8,10H2,1-3H3,(H,20,24). The number of hydrogen-bond donors (Lipinski definition) is 1. The normalized spacial score (nSPS) is 14.0. The Morgan fingerprint density at radius 1 is 1.40 bits per heavy atom. The summed E-state index contributed by atoms with van der Waals surface area (Å²) in [5.41, 5.74) is 1.05. The number of esters is 1. The summed E-state index contributed by atoms with van der Waals surface area (Å²) in [5, 5.41) is 18.2. The van der Waals surface area contributed by atoms with Crippen LogP contribution in [0.15, 0.2) is 6.20 Å². The number of fused-ring (bicyclic) bond motifs is 1. The number of nitro groups is 1. The summed E-state index contributed by atoms with van der Waals surface area (Å²) in [6.45, 7) is 3.50. The Morgan fingerprint density at radius 2 is 2.13 bits per heavy atom. The average Bonchev–Trinajstić information content (AvgIpc) is 3.28. The molecule has 1 amide bonds. The third kappa shape index (κ3) is 4.61.